The number of amides is 2. The molecule has 1 aromatic heterocycles. The highest BCUT2D eigenvalue weighted by molar-refractivity contribution is 7.10. The van der Waals surface area contributed by atoms with Gasteiger partial charge in [-0.3, -0.25) is 9.59 Å². The topological polar surface area (TPSA) is 49.4 Å². The highest BCUT2D eigenvalue weighted by atomic mass is 32.1. The largest absolute Gasteiger partial charge is 0.345 e. The lowest BCUT2D eigenvalue weighted by Gasteiger charge is -2.39. The molecule has 1 aliphatic heterocycles. The van der Waals surface area contributed by atoms with Crippen LogP contribution in [0.5, 0.6) is 0 Å². The molecule has 2 aliphatic carbocycles. The van der Waals surface area contributed by atoms with E-state index >= 15 is 0 Å². The van der Waals surface area contributed by atoms with Crippen molar-refractivity contribution in [3.8, 4) is 0 Å². The Bertz CT molecular complexity index is 773. The number of carbonyl (C=O) groups excluding carboxylic acids is 2. The Morgan fingerprint density at radius 3 is 2.96 bits per heavy atom. The Balaban J connectivity index is 1.48. The standard InChI is InChI=1S/C21H25FN2O2S/c1-2-4-18-20(25)23-17(19-5-3-10-27-19)12-24(18)21(26)16-11-15(16)13-6-8-14(22)9-7-13/h3,5-6,8-10,13,15-18H,2,4,7,11-12H2,1H3,(H,23,25). The van der Waals surface area contributed by atoms with Gasteiger partial charge >= 0.3 is 0 Å². The van der Waals surface area contributed by atoms with E-state index in [9.17, 15) is 14.0 Å². The van der Waals surface area contributed by atoms with Crippen LogP contribution in [0.3, 0.4) is 0 Å². The molecule has 5 atom stereocenters. The third-order valence-electron chi connectivity index (χ3n) is 5.90. The Hall–Kier alpha value is -1.95. The van der Waals surface area contributed by atoms with Gasteiger partial charge in [0.25, 0.3) is 0 Å². The first-order chi connectivity index (χ1) is 13.1. The number of allylic oxidation sites excluding steroid dienone is 4. The summed E-state index contributed by atoms with van der Waals surface area (Å²) < 4.78 is 13.2. The molecule has 1 saturated heterocycles. The average molecular weight is 389 g/mol. The third kappa shape index (κ3) is 3.72. The van der Waals surface area contributed by atoms with Gasteiger partial charge in [-0.15, -0.1) is 11.3 Å². The summed E-state index contributed by atoms with van der Waals surface area (Å²) in [5.74, 6) is 0.320. The number of nitrogens with zero attached hydrogens (tertiary/aromatic N) is 1. The summed E-state index contributed by atoms with van der Waals surface area (Å²) in [6.07, 6.45) is 8.05. The number of hydrogen-bond donors (Lipinski definition) is 1. The van der Waals surface area contributed by atoms with Crippen molar-refractivity contribution in [2.24, 2.45) is 17.8 Å². The molecule has 5 unspecified atom stereocenters. The van der Waals surface area contributed by atoms with Gasteiger partial charge in [-0.1, -0.05) is 25.5 Å². The third-order valence-corrected chi connectivity index (χ3v) is 6.89. The van der Waals surface area contributed by atoms with Crippen LogP contribution in [-0.2, 0) is 9.59 Å². The highest BCUT2D eigenvalue weighted by Crippen LogP contribution is 2.49. The van der Waals surface area contributed by atoms with Crippen molar-refractivity contribution in [3.63, 3.8) is 0 Å². The number of thiophene rings is 1. The molecule has 4 nitrogen and oxygen atoms in total. The highest BCUT2D eigenvalue weighted by Gasteiger charge is 2.51. The molecule has 2 heterocycles. The van der Waals surface area contributed by atoms with E-state index in [1.807, 2.05) is 35.4 Å². The van der Waals surface area contributed by atoms with Crippen molar-refractivity contribution in [1.29, 1.82) is 0 Å². The summed E-state index contributed by atoms with van der Waals surface area (Å²) in [5, 5.41) is 5.09. The van der Waals surface area contributed by atoms with Gasteiger partial charge in [-0.2, -0.15) is 0 Å². The minimum Gasteiger partial charge on any atom is -0.345 e. The number of nitrogens with one attached hydrogen (secondary N) is 1. The smallest absolute Gasteiger partial charge is 0.243 e. The van der Waals surface area contributed by atoms with Gasteiger partial charge in [-0.25, -0.2) is 4.39 Å². The predicted octanol–water partition coefficient (Wildman–Crippen LogP) is 3.98. The first-order valence-corrected chi connectivity index (χ1v) is 10.6. The van der Waals surface area contributed by atoms with Crippen LogP contribution >= 0.6 is 11.3 Å². The Morgan fingerprint density at radius 2 is 2.30 bits per heavy atom. The number of piperazine rings is 1. The van der Waals surface area contributed by atoms with E-state index in [-0.39, 0.29) is 47.5 Å². The van der Waals surface area contributed by atoms with E-state index < -0.39 is 0 Å². The summed E-state index contributed by atoms with van der Waals surface area (Å²) in [5.41, 5.74) is 0. The second kappa shape index (κ2) is 7.58. The van der Waals surface area contributed by atoms with Gasteiger partial charge in [-0.05, 0) is 54.7 Å². The monoisotopic (exact) mass is 388 g/mol. The Labute approximate surface area is 163 Å². The van der Waals surface area contributed by atoms with Crippen molar-refractivity contribution in [3.05, 3.63) is 46.4 Å². The SMILES string of the molecule is CCCC1C(=O)NC(c2cccs2)CN1C(=O)C1CC1C1C=CC(F)=CC1. The Kier molecular flexibility index (Phi) is 5.17. The fourth-order valence-corrected chi connectivity index (χ4v) is 5.12. The molecule has 0 spiro atoms. The second-order valence-corrected chi connectivity index (χ2v) is 8.70. The molecule has 0 aromatic carbocycles. The first kappa shape index (κ1) is 18.4. The van der Waals surface area contributed by atoms with Crippen LogP contribution in [-0.4, -0.2) is 29.3 Å². The van der Waals surface area contributed by atoms with Crippen molar-refractivity contribution in [1.82, 2.24) is 10.2 Å². The van der Waals surface area contributed by atoms with Gasteiger partial charge in [0, 0.05) is 17.3 Å². The van der Waals surface area contributed by atoms with Crippen molar-refractivity contribution in [2.45, 2.75) is 44.7 Å². The molecule has 0 bridgehead atoms. The van der Waals surface area contributed by atoms with Gasteiger partial charge in [0.1, 0.15) is 11.9 Å². The maximum atomic E-state index is 13.3. The van der Waals surface area contributed by atoms with Crippen LogP contribution in [0.25, 0.3) is 0 Å². The maximum Gasteiger partial charge on any atom is 0.243 e. The predicted molar refractivity (Wildman–Crippen MR) is 104 cm³/mol. The van der Waals surface area contributed by atoms with Gasteiger partial charge in [0.15, 0.2) is 0 Å². The molecule has 0 radical (unpaired) electrons. The van der Waals surface area contributed by atoms with E-state index in [1.165, 1.54) is 6.08 Å². The number of halogens is 1. The zero-order valence-corrected chi connectivity index (χ0v) is 16.3. The van der Waals surface area contributed by atoms with E-state index in [0.717, 1.165) is 17.7 Å². The summed E-state index contributed by atoms with van der Waals surface area (Å²) in [6.45, 7) is 2.57. The zero-order valence-electron chi connectivity index (χ0n) is 15.4. The number of rotatable bonds is 5. The molecule has 4 rings (SSSR count). The number of carbonyl (C=O) groups is 2. The number of hydrogen-bond acceptors (Lipinski definition) is 3. The normalized spacial score (nSPS) is 32.8. The molecule has 6 heteroatoms. The first-order valence-electron chi connectivity index (χ1n) is 9.76. The fourth-order valence-electron chi connectivity index (χ4n) is 4.35. The van der Waals surface area contributed by atoms with Crippen molar-refractivity contribution < 1.29 is 14.0 Å². The van der Waals surface area contributed by atoms with Gasteiger partial charge < -0.3 is 10.2 Å². The second-order valence-electron chi connectivity index (χ2n) is 7.73. The molecular formula is C21H25FN2O2S. The lowest BCUT2D eigenvalue weighted by atomic mass is 9.93. The quantitative estimate of drug-likeness (QED) is 0.829. The molecule has 1 saturated carbocycles. The van der Waals surface area contributed by atoms with Crippen LogP contribution < -0.4 is 5.32 Å². The molecule has 2 fully saturated rings. The van der Waals surface area contributed by atoms with Crippen LogP contribution in [0.2, 0.25) is 0 Å². The van der Waals surface area contributed by atoms with Crippen LogP contribution in [0.4, 0.5) is 4.39 Å². The summed E-state index contributed by atoms with van der Waals surface area (Å²) in [6, 6.07) is 3.47. The van der Waals surface area contributed by atoms with E-state index in [0.29, 0.717) is 19.4 Å². The zero-order chi connectivity index (χ0) is 19.0. The Morgan fingerprint density at radius 1 is 1.44 bits per heavy atom. The molecule has 2 amide bonds. The summed E-state index contributed by atoms with van der Waals surface area (Å²) >= 11 is 1.60. The molecule has 144 valence electrons. The lowest BCUT2D eigenvalue weighted by molar-refractivity contribution is -0.146. The minimum atomic E-state index is -0.376. The molecule has 27 heavy (non-hydrogen) atoms. The molecular weight excluding hydrogens is 363 g/mol. The van der Waals surface area contributed by atoms with Crippen molar-refractivity contribution in [2.75, 3.05) is 6.54 Å². The van der Waals surface area contributed by atoms with Crippen LogP contribution in [0.15, 0.2) is 41.6 Å². The summed E-state index contributed by atoms with van der Waals surface area (Å²) in [4.78, 5) is 28.9. The maximum absolute atomic E-state index is 13.3. The van der Waals surface area contributed by atoms with E-state index in [1.54, 1.807) is 17.4 Å². The van der Waals surface area contributed by atoms with Gasteiger partial charge in [0.05, 0.1) is 6.04 Å². The fraction of sp³-hybridized carbons (Fsp3) is 0.524. The lowest BCUT2D eigenvalue weighted by Crippen LogP contribution is -2.58. The molecule has 3 aliphatic rings. The van der Waals surface area contributed by atoms with Crippen LogP contribution in [0, 0.1) is 17.8 Å². The molecule has 1 aromatic rings. The van der Waals surface area contributed by atoms with Crippen LogP contribution in [0.1, 0.15) is 43.5 Å². The average Bonchev–Trinajstić information content (AvgIpc) is 3.27. The minimum absolute atomic E-state index is 0.0385. The van der Waals surface area contributed by atoms with E-state index in [2.05, 4.69) is 5.32 Å². The summed E-state index contributed by atoms with van der Waals surface area (Å²) in [7, 11) is 0. The molecule has 1 N–H and O–H groups in total. The van der Waals surface area contributed by atoms with Gasteiger partial charge in [0.2, 0.25) is 11.8 Å². The van der Waals surface area contributed by atoms with Crippen molar-refractivity contribution >= 4 is 23.2 Å². The van der Waals surface area contributed by atoms with E-state index in [4.69, 9.17) is 0 Å².